The Morgan fingerprint density at radius 1 is 1.14 bits per heavy atom. The Labute approximate surface area is 135 Å². The average molecular weight is 357 g/mol. The van der Waals surface area contributed by atoms with E-state index in [1.54, 1.807) is 19.1 Å². The molecule has 0 amide bonds. The molecule has 0 aliphatic rings. The molecule has 0 radical (unpaired) electrons. The van der Waals surface area contributed by atoms with E-state index in [-0.39, 0.29) is 0 Å². The number of fused-ring (bicyclic) bond motifs is 1. The lowest BCUT2D eigenvalue weighted by atomic mass is 10.1. The maximum absolute atomic E-state index is 12.1. The van der Waals surface area contributed by atoms with E-state index < -0.39 is 5.63 Å². The quantitative estimate of drug-likeness (QED) is 0.430. The van der Waals surface area contributed by atoms with Gasteiger partial charge in [-0.25, -0.2) is 4.79 Å². The molecule has 1 heterocycles. The first-order valence-electron chi connectivity index (χ1n) is 6.72. The van der Waals surface area contributed by atoms with Crippen LogP contribution in [0.15, 0.2) is 73.4 Å². The van der Waals surface area contributed by atoms with Crippen molar-refractivity contribution in [1.29, 1.82) is 0 Å². The monoisotopic (exact) mass is 356 g/mol. The lowest BCUT2D eigenvalue weighted by molar-refractivity contribution is 0.559. The summed E-state index contributed by atoms with van der Waals surface area (Å²) in [6.07, 6.45) is 0. The summed E-state index contributed by atoms with van der Waals surface area (Å²) in [5, 5.41) is 5.10. The van der Waals surface area contributed by atoms with Crippen molar-refractivity contribution in [2.45, 2.75) is 6.92 Å². The van der Waals surface area contributed by atoms with E-state index in [1.165, 1.54) is 0 Å². The fourth-order valence-corrected chi connectivity index (χ4v) is 2.45. The zero-order valence-electron chi connectivity index (χ0n) is 11.8. The van der Waals surface area contributed by atoms with Gasteiger partial charge < -0.3 is 4.42 Å². The van der Waals surface area contributed by atoms with Crippen LogP contribution >= 0.6 is 15.9 Å². The molecule has 3 rings (SSSR count). The minimum absolute atomic E-state index is 0.397. The predicted molar refractivity (Wildman–Crippen MR) is 92.5 cm³/mol. The second-order valence-electron chi connectivity index (χ2n) is 4.80. The second kappa shape index (κ2) is 6.15. The first-order valence-corrected chi connectivity index (χ1v) is 7.52. The van der Waals surface area contributed by atoms with Gasteiger partial charge in [0.15, 0.2) is 0 Å². The van der Waals surface area contributed by atoms with Crippen LogP contribution in [0.4, 0.5) is 5.69 Å². The maximum atomic E-state index is 12.1. The van der Waals surface area contributed by atoms with Crippen molar-refractivity contribution in [3.63, 3.8) is 0 Å². The molecule has 0 bridgehead atoms. The average Bonchev–Trinajstić information content (AvgIpc) is 2.53. The largest absolute Gasteiger partial charge is 0.422 e. The Morgan fingerprint density at radius 2 is 1.91 bits per heavy atom. The van der Waals surface area contributed by atoms with Crippen molar-refractivity contribution in [3.8, 4) is 0 Å². The summed E-state index contributed by atoms with van der Waals surface area (Å²) in [7, 11) is 0. The van der Waals surface area contributed by atoms with E-state index in [1.807, 2.05) is 42.5 Å². The van der Waals surface area contributed by atoms with Crippen LogP contribution in [-0.2, 0) is 0 Å². The number of benzene rings is 2. The van der Waals surface area contributed by atoms with Gasteiger partial charge in [-0.1, -0.05) is 34.1 Å². The minimum Gasteiger partial charge on any atom is -0.422 e. The van der Waals surface area contributed by atoms with Crippen molar-refractivity contribution in [2.75, 3.05) is 5.43 Å². The summed E-state index contributed by atoms with van der Waals surface area (Å²) >= 11 is 3.41. The van der Waals surface area contributed by atoms with Crippen LogP contribution in [0.5, 0.6) is 0 Å². The summed E-state index contributed by atoms with van der Waals surface area (Å²) in [6.45, 7) is 1.77. The molecule has 0 saturated carbocycles. The molecule has 4 nitrogen and oxygen atoms in total. The van der Waals surface area contributed by atoms with Gasteiger partial charge in [-0.3, -0.25) is 5.43 Å². The fourth-order valence-electron chi connectivity index (χ4n) is 2.07. The number of hydrogen-bond acceptors (Lipinski definition) is 4. The molecule has 0 spiro atoms. The number of halogens is 1. The predicted octanol–water partition coefficient (Wildman–Crippen LogP) is 4.39. The third-order valence-corrected chi connectivity index (χ3v) is 3.70. The van der Waals surface area contributed by atoms with Crippen molar-refractivity contribution in [3.05, 3.63) is 75.1 Å². The van der Waals surface area contributed by atoms with E-state index in [0.29, 0.717) is 16.9 Å². The van der Waals surface area contributed by atoms with Crippen LogP contribution < -0.4 is 11.1 Å². The van der Waals surface area contributed by atoms with Gasteiger partial charge in [0.25, 0.3) is 0 Å². The molecular weight excluding hydrogens is 344 g/mol. The molecule has 0 saturated heterocycles. The van der Waals surface area contributed by atoms with Crippen LogP contribution in [0.2, 0.25) is 0 Å². The van der Waals surface area contributed by atoms with Gasteiger partial charge in [0, 0.05) is 9.86 Å². The summed E-state index contributed by atoms with van der Waals surface area (Å²) < 4.78 is 6.26. The van der Waals surface area contributed by atoms with E-state index in [9.17, 15) is 4.79 Å². The zero-order valence-corrected chi connectivity index (χ0v) is 13.4. The summed E-state index contributed by atoms with van der Waals surface area (Å²) in [5.74, 6) is 0. The van der Waals surface area contributed by atoms with Crippen LogP contribution in [0.3, 0.4) is 0 Å². The summed E-state index contributed by atoms with van der Waals surface area (Å²) in [4.78, 5) is 12.1. The Kier molecular flexibility index (Phi) is 4.06. The molecule has 0 aliphatic heterocycles. The van der Waals surface area contributed by atoms with E-state index in [4.69, 9.17) is 4.42 Å². The van der Waals surface area contributed by atoms with Crippen molar-refractivity contribution >= 4 is 38.3 Å². The Hall–Kier alpha value is -2.40. The molecule has 1 N–H and O–H groups in total. The minimum atomic E-state index is -0.397. The first-order chi connectivity index (χ1) is 10.6. The Bertz CT molecular complexity index is 901. The van der Waals surface area contributed by atoms with Gasteiger partial charge in [0.2, 0.25) is 0 Å². The smallest absolute Gasteiger partial charge is 0.345 e. The van der Waals surface area contributed by atoms with Crippen molar-refractivity contribution < 1.29 is 4.42 Å². The number of rotatable bonds is 3. The lowest BCUT2D eigenvalue weighted by Crippen LogP contribution is -2.13. The van der Waals surface area contributed by atoms with E-state index in [0.717, 1.165) is 15.5 Å². The lowest BCUT2D eigenvalue weighted by Gasteiger charge is -2.04. The summed E-state index contributed by atoms with van der Waals surface area (Å²) in [6, 6.07) is 16.8. The van der Waals surface area contributed by atoms with Crippen molar-refractivity contribution in [2.24, 2.45) is 5.10 Å². The van der Waals surface area contributed by atoms with Crippen molar-refractivity contribution in [1.82, 2.24) is 0 Å². The molecule has 0 fully saturated rings. The third-order valence-electron chi connectivity index (χ3n) is 3.21. The zero-order chi connectivity index (χ0) is 15.5. The summed E-state index contributed by atoms with van der Waals surface area (Å²) in [5.41, 5.74) is 4.95. The van der Waals surface area contributed by atoms with Crippen LogP contribution in [0, 0.1) is 0 Å². The highest BCUT2D eigenvalue weighted by atomic mass is 79.9. The van der Waals surface area contributed by atoms with Crippen LogP contribution in [0.1, 0.15) is 12.5 Å². The highest BCUT2D eigenvalue weighted by Gasteiger charge is 2.08. The Morgan fingerprint density at radius 3 is 2.68 bits per heavy atom. The Balaban J connectivity index is 1.98. The molecular formula is C17H13BrN2O2. The molecule has 22 heavy (non-hydrogen) atoms. The highest BCUT2D eigenvalue weighted by molar-refractivity contribution is 9.10. The maximum Gasteiger partial charge on any atom is 0.345 e. The fraction of sp³-hybridized carbons (Fsp3) is 0.0588. The first kappa shape index (κ1) is 14.5. The van der Waals surface area contributed by atoms with Gasteiger partial charge in [0.1, 0.15) is 5.58 Å². The molecule has 1 aromatic heterocycles. The molecule has 5 heteroatoms. The number of nitrogens with zero attached hydrogens (tertiary/aromatic N) is 1. The van der Waals surface area contributed by atoms with Gasteiger partial charge in [0.05, 0.1) is 17.0 Å². The number of anilines is 1. The number of para-hydroxylation sites is 1. The van der Waals surface area contributed by atoms with Crippen LogP contribution in [-0.4, -0.2) is 5.71 Å². The molecule has 2 aromatic carbocycles. The molecule has 110 valence electrons. The number of nitrogens with one attached hydrogen (secondary N) is 1. The topological polar surface area (TPSA) is 54.6 Å². The normalized spacial score (nSPS) is 11.6. The highest BCUT2D eigenvalue weighted by Crippen LogP contribution is 2.19. The number of hydrazone groups is 1. The van der Waals surface area contributed by atoms with Crippen LogP contribution in [0.25, 0.3) is 11.0 Å². The van der Waals surface area contributed by atoms with Gasteiger partial charge in [-0.2, -0.15) is 5.10 Å². The van der Waals surface area contributed by atoms with Gasteiger partial charge in [-0.15, -0.1) is 0 Å². The van der Waals surface area contributed by atoms with Gasteiger partial charge in [-0.05, 0) is 43.3 Å². The SMILES string of the molecule is CC(=NNc1ccccc1)c1cc2cc(Br)ccc2oc1=O. The molecule has 0 aliphatic carbocycles. The molecule has 0 atom stereocenters. The number of hydrogen-bond donors (Lipinski definition) is 1. The molecule has 0 unspecified atom stereocenters. The van der Waals surface area contributed by atoms with E-state index in [2.05, 4.69) is 26.5 Å². The van der Waals surface area contributed by atoms with E-state index >= 15 is 0 Å². The standard InChI is InChI=1S/C17H13BrN2O2/c1-11(19-20-14-5-3-2-4-6-14)15-10-12-9-13(18)7-8-16(12)22-17(15)21/h2-10,20H,1H3. The van der Waals surface area contributed by atoms with Gasteiger partial charge >= 0.3 is 5.63 Å². The second-order valence-corrected chi connectivity index (χ2v) is 5.72. The third kappa shape index (κ3) is 3.09. The molecule has 3 aromatic rings.